The Bertz CT molecular complexity index is 1010. The molecule has 0 atom stereocenters. The van der Waals surface area contributed by atoms with Gasteiger partial charge in [-0.05, 0) is 48.7 Å². The zero-order valence-corrected chi connectivity index (χ0v) is 14.9. The summed E-state index contributed by atoms with van der Waals surface area (Å²) >= 11 is 0. The first kappa shape index (κ1) is 17.5. The molecule has 140 valence electrons. The van der Waals surface area contributed by atoms with Gasteiger partial charge in [0, 0.05) is 11.6 Å². The summed E-state index contributed by atoms with van der Waals surface area (Å²) in [4.78, 5) is 24.8. The maximum absolute atomic E-state index is 13.1. The number of rotatable bonds is 4. The molecule has 1 amide bonds. The second kappa shape index (κ2) is 7.39. The lowest BCUT2D eigenvalue weighted by molar-refractivity contribution is 0.0928. The third-order valence-corrected chi connectivity index (χ3v) is 5.12. The number of hydrogen-bond acceptors (Lipinski definition) is 3. The van der Waals surface area contributed by atoms with Crippen molar-refractivity contribution in [2.24, 2.45) is 0 Å². The first-order valence-corrected chi connectivity index (χ1v) is 9.29. The van der Waals surface area contributed by atoms with Crippen LogP contribution < -0.4 is 11.1 Å². The minimum Gasteiger partial charge on any atom is -0.408 e. The van der Waals surface area contributed by atoms with Crippen LogP contribution in [0.25, 0.3) is 11.1 Å². The molecule has 1 heterocycles. The van der Waals surface area contributed by atoms with Crippen molar-refractivity contribution >= 4 is 17.0 Å². The fourth-order valence-corrected chi connectivity index (χ4v) is 3.64. The van der Waals surface area contributed by atoms with Gasteiger partial charge in [-0.3, -0.25) is 9.36 Å². The van der Waals surface area contributed by atoms with E-state index in [4.69, 9.17) is 4.42 Å². The van der Waals surface area contributed by atoms with Crippen LogP contribution >= 0.6 is 0 Å². The summed E-state index contributed by atoms with van der Waals surface area (Å²) in [6.45, 7) is 0.250. The Morgan fingerprint density at radius 1 is 1.11 bits per heavy atom. The van der Waals surface area contributed by atoms with Crippen molar-refractivity contribution in [3.8, 4) is 0 Å². The Hall–Kier alpha value is -2.89. The van der Waals surface area contributed by atoms with Crippen molar-refractivity contribution in [3.63, 3.8) is 0 Å². The fraction of sp³-hybridized carbons (Fsp3) is 0.333. The van der Waals surface area contributed by atoms with Crippen molar-refractivity contribution in [1.29, 1.82) is 0 Å². The van der Waals surface area contributed by atoms with Crippen molar-refractivity contribution in [3.05, 3.63) is 70.0 Å². The summed E-state index contributed by atoms with van der Waals surface area (Å²) in [5.41, 5.74) is 2.26. The molecular formula is C21H21FN2O3. The molecule has 1 aliphatic rings. The van der Waals surface area contributed by atoms with E-state index in [-0.39, 0.29) is 24.3 Å². The molecule has 1 aromatic heterocycles. The molecule has 1 aliphatic carbocycles. The highest BCUT2D eigenvalue weighted by Gasteiger charge is 2.18. The van der Waals surface area contributed by atoms with Crippen LogP contribution in [0.3, 0.4) is 0 Å². The molecule has 6 heteroatoms. The summed E-state index contributed by atoms with van der Waals surface area (Å²) in [7, 11) is 0. The van der Waals surface area contributed by atoms with E-state index in [0.717, 1.165) is 31.2 Å². The standard InChI is InChI=1S/C21H21FN2O3/c22-16-9-6-14(7-10-16)13-24-18-12-15(8-11-19(18)27-21(24)26)20(25)23-17-4-2-1-3-5-17/h6-12,17H,1-5,13H2,(H,23,25). The summed E-state index contributed by atoms with van der Waals surface area (Å²) < 4.78 is 19.8. The van der Waals surface area contributed by atoms with Gasteiger partial charge in [-0.15, -0.1) is 0 Å². The molecule has 2 aromatic carbocycles. The highest BCUT2D eigenvalue weighted by atomic mass is 19.1. The third-order valence-electron chi connectivity index (χ3n) is 5.12. The molecule has 1 saturated carbocycles. The third kappa shape index (κ3) is 3.79. The molecule has 0 aliphatic heterocycles. The van der Waals surface area contributed by atoms with E-state index in [1.54, 1.807) is 30.3 Å². The fourth-order valence-electron chi connectivity index (χ4n) is 3.64. The zero-order valence-electron chi connectivity index (χ0n) is 14.9. The first-order chi connectivity index (χ1) is 13.1. The molecule has 0 bridgehead atoms. The van der Waals surface area contributed by atoms with Gasteiger partial charge in [0.05, 0.1) is 12.1 Å². The number of oxazole rings is 1. The van der Waals surface area contributed by atoms with Crippen LogP contribution in [0.15, 0.2) is 51.7 Å². The van der Waals surface area contributed by atoms with Gasteiger partial charge in [0.2, 0.25) is 0 Å². The predicted octanol–water partition coefficient (Wildman–Crippen LogP) is 3.84. The number of carbonyl (C=O) groups excluding carboxylic acids is 1. The molecule has 0 saturated heterocycles. The average Bonchev–Trinajstić information content (AvgIpc) is 2.99. The predicted molar refractivity (Wildman–Crippen MR) is 100 cm³/mol. The van der Waals surface area contributed by atoms with Crippen LogP contribution in [0.4, 0.5) is 4.39 Å². The molecular weight excluding hydrogens is 347 g/mol. The molecule has 0 spiro atoms. The molecule has 0 radical (unpaired) electrons. The summed E-state index contributed by atoms with van der Waals surface area (Å²) in [6, 6.07) is 11.2. The smallest absolute Gasteiger partial charge is 0.408 e. The molecule has 5 nitrogen and oxygen atoms in total. The molecule has 1 N–H and O–H groups in total. The lowest BCUT2D eigenvalue weighted by Gasteiger charge is -2.22. The van der Waals surface area contributed by atoms with Gasteiger partial charge in [-0.1, -0.05) is 31.4 Å². The van der Waals surface area contributed by atoms with Crippen molar-refractivity contribution in [1.82, 2.24) is 9.88 Å². The lowest BCUT2D eigenvalue weighted by atomic mass is 9.95. The van der Waals surface area contributed by atoms with Crippen LogP contribution in [0, 0.1) is 5.82 Å². The quantitative estimate of drug-likeness (QED) is 0.761. The number of halogens is 1. The lowest BCUT2D eigenvalue weighted by Crippen LogP contribution is -2.36. The van der Waals surface area contributed by atoms with Gasteiger partial charge >= 0.3 is 5.76 Å². The number of hydrogen-bond donors (Lipinski definition) is 1. The summed E-state index contributed by atoms with van der Waals surface area (Å²) in [6.07, 6.45) is 5.53. The van der Waals surface area contributed by atoms with Gasteiger partial charge in [0.25, 0.3) is 5.91 Å². The monoisotopic (exact) mass is 368 g/mol. The van der Waals surface area contributed by atoms with Crippen LogP contribution in [-0.4, -0.2) is 16.5 Å². The van der Waals surface area contributed by atoms with E-state index in [0.29, 0.717) is 16.7 Å². The van der Waals surface area contributed by atoms with Crippen LogP contribution in [0.2, 0.25) is 0 Å². The van der Waals surface area contributed by atoms with Crippen LogP contribution in [0.5, 0.6) is 0 Å². The highest BCUT2D eigenvalue weighted by Crippen LogP contribution is 2.20. The van der Waals surface area contributed by atoms with Crippen LogP contribution in [0.1, 0.15) is 48.0 Å². The first-order valence-electron chi connectivity index (χ1n) is 9.29. The number of fused-ring (bicyclic) bond motifs is 1. The molecule has 27 heavy (non-hydrogen) atoms. The topological polar surface area (TPSA) is 64.2 Å². The number of aromatic nitrogens is 1. The second-order valence-electron chi connectivity index (χ2n) is 7.07. The van der Waals surface area contributed by atoms with Crippen molar-refractivity contribution in [2.75, 3.05) is 0 Å². The van der Waals surface area contributed by atoms with E-state index in [2.05, 4.69) is 5.32 Å². The number of benzene rings is 2. The Morgan fingerprint density at radius 2 is 1.85 bits per heavy atom. The van der Waals surface area contributed by atoms with Crippen molar-refractivity contribution in [2.45, 2.75) is 44.7 Å². The minimum absolute atomic E-state index is 0.134. The Morgan fingerprint density at radius 3 is 2.59 bits per heavy atom. The van der Waals surface area contributed by atoms with Gasteiger partial charge < -0.3 is 9.73 Å². The summed E-state index contributed by atoms with van der Waals surface area (Å²) in [5.74, 6) is -0.963. The number of nitrogens with zero attached hydrogens (tertiary/aromatic N) is 1. The number of carbonyl (C=O) groups is 1. The maximum atomic E-state index is 13.1. The SMILES string of the molecule is O=C(NC1CCCCC1)c1ccc2oc(=O)n(Cc3ccc(F)cc3)c2c1. The molecule has 1 fully saturated rings. The Labute approximate surface area is 155 Å². The molecule has 4 rings (SSSR count). The van der Waals surface area contributed by atoms with E-state index in [9.17, 15) is 14.0 Å². The summed E-state index contributed by atoms with van der Waals surface area (Å²) in [5, 5.41) is 3.08. The van der Waals surface area contributed by atoms with Gasteiger partial charge in [-0.25, -0.2) is 9.18 Å². The van der Waals surface area contributed by atoms with E-state index >= 15 is 0 Å². The Kier molecular flexibility index (Phi) is 4.79. The second-order valence-corrected chi connectivity index (χ2v) is 7.07. The van der Waals surface area contributed by atoms with Gasteiger partial charge in [-0.2, -0.15) is 0 Å². The normalized spacial score (nSPS) is 15.1. The van der Waals surface area contributed by atoms with Crippen molar-refractivity contribution < 1.29 is 13.6 Å². The maximum Gasteiger partial charge on any atom is 0.420 e. The largest absolute Gasteiger partial charge is 0.420 e. The Balaban J connectivity index is 1.61. The minimum atomic E-state index is -0.501. The van der Waals surface area contributed by atoms with Gasteiger partial charge in [0.15, 0.2) is 5.58 Å². The molecule has 3 aromatic rings. The van der Waals surface area contributed by atoms with Crippen LogP contribution in [-0.2, 0) is 6.54 Å². The average molecular weight is 368 g/mol. The number of amides is 1. The number of nitrogens with one attached hydrogen (secondary N) is 1. The van der Waals surface area contributed by atoms with E-state index in [1.807, 2.05) is 0 Å². The highest BCUT2D eigenvalue weighted by molar-refractivity contribution is 5.97. The van der Waals surface area contributed by atoms with E-state index < -0.39 is 5.76 Å². The molecule has 0 unspecified atom stereocenters. The van der Waals surface area contributed by atoms with Gasteiger partial charge in [0.1, 0.15) is 5.82 Å². The zero-order chi connectivity index (χ0) is 18.8. The van der Waals surface area contributed by atoms with E-state index in [1.165, 1.54) is 23.1 Å².